The second-order valence-electron chi connectivity index (χ2n) is 6.92. The van der Waals surface area contributed by atoms with Crippen LogP contribution in [0.5, 0.6) is 0 Å². The van der Waals surface area contributed by atoms with Crippen molar-refractivity contribution in [3.63, 3.8) is 0 Å². The van der Waals surface area contributed by atoms with Gasteiger partial charge < -0.3 is 4.74 Å². The molecule has 2 amide bonds. The molecule has 26 heavy (non-hydrogen) atoms. The van der Waals surface area contributed by atoms with Gasteiger partial charge >= 0.3 is 5.97 Å². The van der Waals surface area contributed by atoms with E-state index in [1.54, 1.807) is 11.8 Å². The third kappa shape index (κ3) is 2.65. The Morgan fingerprint density at radius 2 is 2.00 bits per heavy atom. The van der Waals surface area contributed by atoms with Gasteiger partial charge in [-0.3, -0.25) is 24.6 Å². The summed E-state index contributed by atoms with van der Waals surface area (Å²) in [6, 6.07) is 7.35. The quantitative estimate of drug-likeness (QED) is 0.621. The Hall–Kier alpha value is -1.86. The number of nitrogens with one attached hydrogen (secondary N) is 1. The van der Waals surface area contributed by atoms with Gasteiger partial charge in [-0.05, 0) is 36.5 Å². The van der Waals surface area contributed by atoms with Crippen LogP contribution in [0, 0.1) is 18.8 Å². The number of hydrogen-bond donors (Lipinski definition) is 1. The average Bonchev–Trinajstić information content (AvgIpc) is 3.10. The zero-order valence-electron chi connectivity index (χ0n) is 15.4. The number of fused-ring (bicyclic) bond motifs is 1. The van der Waals surface area contributed by atoms with Crippen molar-refractivity contribution in [3.05, 3.63) is 35.4 Å². The molecule has 0 saturated carbocycles. The van der Waals surface area contributed by atoms with Gasteiger partial charge in [0, 0.05) is 13.1 Å². The number of esters is 1. The first-order chi connectivity index (χ1) is 12.4. The van der Waals surface area contributed by atoms with Crippen LogP contribution in [0.25, 0.3) is 0 Å². The van der Waals surface area contributed by atoms with Crippen molar-refractivity contribution in [1.29, 1.82) is 0 Å². The summed E-state index contributed by atoms with van der Waals surface area (Å²) in [6.07, 6.45) is 2.38. The maximum atomic E-state index is 12.9. The molecule has 3 rings (SSSR count). The van der Waals surface area contributed by atoms with Crippen molar-refractivity contribution in [1.82, 2.24) is 10.2 Å². The van der Waals surface area contributed by atoms with Gasteiger partial charge in [0.05, 0.1) is 18.9 Å². The number of hydrogen-bond acceptors (Lipinski definition) is 6. The van der Waals surface area contributed by atoms with Gasteiger partial charge in [0.1, 0.15) is 5.54 Å². The van der Waals surface area contributed by atoms with E-state index >= 15 is 0 Å². The Morgan fingerprint density at radius 3 is 2.62 bits per heavy atom. The molecule has 2 aliphatic rings. The van der Waals surface area contributed by atoms with Crippen molar-refractivity contribution >= 4 is 29.5 Å². The number of nitrogens with zero attached hydrogens (tertiary/aromatic N) is 1. The summed E-state index contributed by atoms with van der Waals surface area (Å²) in [5, 5.41) is 3.37. The smallest absolute Gasteiger partial charge is 0.326 e. The zero-order valence-corrected chi connectivity index (χ0v) is 16.3. The number of rotatable bonds is 5. The Balaban J connectivity index is 2.15. The summed E-state index contributed by atoms with van der Waals surface area (Å²) in [4.78, 5) is 39.8. The van der Waals surface area contributed by atoms with Gasteiger partial charge in [0.2, 0.25) is 11.8 Å². The molecule has 140 valence electrons. The molecule has 1 aromatic rings. The van der Waals surface area contributed by atoms with Crippen LogP contribution in [0.4, 0.5) is 0 Å². The van der Waals surface area contributed by atoms with Crippen LogP contribution in [0.2, 0.25) is 0 Å². The Labute approximate surface area is 157 Å². The summed E-state index contributed by atoms with van der Waals surface area (Å²) >= 11 is 1.59. The second-order valence-corrected chi connectivity index (χ2v) is 7.91. The topological polar surface area (TPSA) is 75.7 Å². The largest absolute Gasteiger partial charge is 0.468 e. The van der Waals surface area contributed by atoms with E-state index in [4.69, 9.17) is 4.74 Å². The summed E-state index contributed by atoms with van der Waals surface area (Å²) in [7, 11) is 2.82. The van der Waals surface area contributed by atoms with Crippen LogP contribution in [0.15, 0.2) is 24.3 Å². The number of imide groups is 1. The van der Waals surface area contributed by atoms with Crippen LogP contribution in [-0.2, 0) is 19.1 Å². The van der Waals surface area contributed by atoms with E-state index < -0.39 is 29.4 Å². The molecule has 0 bridgehead atoms. The van der Waals surface area contributed by atoms with Gasteiger partial charge in [-0.15, -0.1) is 0 Å². The number of likely N-dealkylation sites (tertiary alicyclic amines) is 1. The lowest BCUT2D eigenvalue weighted by molar-refractivity contribution is -0.154. The van der Waals surface area contributed by atoms with Crippen molar-refractivity contribution < 1.29 is 19.1 Å². The lowest BCUT2D eigenvalue weighted by Gasteiger charge is -2.32. The van der Waals surface area contributed by atoms with E-state index in [1.165, 1.54) is 14.2 Å². The molecule has 2 heterocycles. The van der Waals surface area contributed by atoms with E-state index in [9.17, 15) is 14.4 Å². The molecule has 6 nitrogen and oxygen atoms in total. The molecule has 7 heteroatoms. The van der Waals surface area contributed by atoms with Crippen LogP contribution in [0.3, 0.4) is 0 Å². The molecule has 0 unspecified atom stereocenters. The molecular weight excluding hydrogens is 352 g/mol. The fraction of sp³-hybridized carbons (Fsp3) is 0.526. The van der Waals surface area contributed by atoms with Crippen LogP contribution >= 0.6 is 11.8 Å². The molecular formula is C19H24N2O4S. The molecule has 4 atom stereocenters. The summed E-state index contributed by atoms with van der Waals surface area (Å²) < 4.78 is 5.08. The van der Waals surface area contributed by atoms with E-state index in [2.05, 4.69) is 5.32 Å². The molecule has 1 aromatic carbocycles. The van der Waals surface area contributed by atoms with Crippen molar-refractivity contribution in [2.45, 2.75) is 24.9 Å². The van der Waals surface area contributed by atoms with Crippen molar-refractivity contribution in [3.8, 4) is 0 Å². The second kappa shape index (κ2) is 7.04. The zero-order chi connectivity index (χ0) is 19.1. The minimum absolute atomic E-state index is 0.240. The highest BCUT2D eigenvalue weighted by molar-refractivity contribution is 7.98. The third-order valence-electron chi connectivity index (χ3n) is 5.65. The van der Waals surface area contributed by atoms with E-state index in [-0.39, 0.29) is 11.8 Å². The Morgan fingerprint density at radius 1 is 1.31 bits per heavy atom. The fourth-order valence-electron chi connectivity index (χ4n) is 4.31. The van der Waals surface area contributed by atoms with Gasteiger partial charge in [-0.25, -0.2) is 0 Å². The maximum Gasteiger partial charge on any atom is 0.326 e. The third-order valence-corrected chi connectivity index (χ3v) is 6.26. The van der Waals surface area contributed by atoms with Gasteiger partial charge in [0.25, 0.3) is 0 Å². The lowest BCUT2D eigenvalue weighted by atomic mass is 9.77. The molecule has 2 fully saturated rings. The Kier molecular flexibility index (Phi) is 5.12. The number of ether oxygens (including phenoxy) is 1. The minimum Gasteiger partial charge on any atom is -0.468 e. The van der Waals surface area contributed by atoms with Crippen LogP contribution in [-0.4, -0.2) is 54.4 Å². The Bertz CT molecular complexity index is 753. The van der Waals surface area contributed by atoms with Crippen LogP contribution < -0.4 is 5.32 Å². The number of carbonyl (C=O) groups is 3. The first-order valence-electron chi connectivity index (χ1n) is 8.61. The van der Waals surface area contributed by atoms with Gasteiger partial charge in [0.15, 0.2) is 0 Å². The monoisotopic (exact) mass is 376 g/mol. The molecule has 0 radical (unpaired) electrons. The molecule has 1 N–H and O–H groups in total. The number of thioether (sulfide) groups is 1. The number of aryl methyl sites for hydroxylation is 1. The first kappa shape index (κ1) is 18.9. The molecule has 2 saturated heterocycles. The summed E-state index contributed by atoms with van der Waals surface area (Å²) in [5.74, 6) is -1.70. The highest BCUT2D eigenvalue weighted by Gasteiger charge is 2.67. The minimum atomic E-state index is -1.19. The number of benzene rings is 1. The SMILES string of the molecule is COC(=O)[C@]1(CCSC)N[C@H](c2ccccc2C)[C@H]2C(=O)N(C)C(=O)[C@@H]21. The predicted molar refractivity (Wildman–Crippen MR) is 99.6 cm³/mol. The lowest BCUT2D eigenvalue weighted by Crippen LogP contribution is -2.56. The molecule has 2 aliphatic heterocycles. The highest BCUT2D eigenvalue weighted by Crippen LogP contribution is 2.50. The molecule has 0 aliphatic carbocycles. The number of carbonyl (C=O) groups excluding carboxylic acids is 3. The van der Waals surface area contributed by atoms with E-state index in [0.717, 1.165) is 16.0 Å². The first-order valence-corrected chi connectivity index (χ1v) is 10.0. The number of methoxy groups -OCH3 is 1. The molecule has 0 aromatic heterocycles. The highest BCUT2D eigenvalue weighted by atomic mass is 32.2. The maximum absolute atomic E-state index is 12.9. The number of amides is 2. The standard InChI is InChI=1S/C19H24N2O4S/c1-11-7-5-6-8-12(11)15-13-14(17(23)21(2)16(13)22)19(20-15,9-10-26-4)18(24)25-3/h5-8,13-15,20H,9-10H2,1-4H3/t13-,14+,15+,19+/m0/s1. The van der Waals surface area contributed by atoms with Gasteiger partial charge in [-0.2, -0.15) is 11.8 Å². The predicted octanol–water partition coefficient (Wildman–Crippen LogP) is 1.54. The normalized spacial score (nSPS) is 30.6. The van der Waals surface area contributed by atoms with Crippen molar-refractivity contribution in [2.24, 2.45) is 11.8 Å². The van der Waals surface area contributed by atoms with Crippen molar-refractivity contribution in [2.75, 3.05) is 26.2 Å². The van der Waals surface area contributed by atoms with E-state index in [1.807, 2.05) is 37.4 Å². The average molecular weight is 376 g/mol. The fourth-order valence-corrected chi connectivity index (χ4v) is 4.84. The van der Waals surface area contributed by atoms with Crippen LogP contribution in [0.1, 0.15) is 23.6 Å². The summed E-state index contributed by atoms with van der Waals surface area (Å²) in [6.45, 7) is 1.97. The molecule has 0 spiro atoms. The van der Waals surface area contributed by atoms with E-state index in [0.29, 0.717) is 12.2 Å². The summed E-state index contributed by atoms with van der Waals surface area (Å²) in [5.41, 5.74) is 0.769. The van der Waals surface area contributed by atoms with Gasteiger partial charge in [-0.1, -0.05) is 24.3 Å².